The monoisotopic (exact) mass is 335 g/mol. The minimum absolute atomic E-state index is 0.398. The molecule has 5 rings (SSSR count). The Labute approximate surface area is 148 Å². The molecule has 5 nitrogen and oxygen atoms in total. The minimum Gasteiger partial charge on any atom is -0.368 e. The number of anilines is 2. The number of nitrogen functional groups attached to an aromatic ring is 1. The molecule has 5 heteroatoms. The van der Waals surface area contributed by atoms with Crippen molar-refractivity contribution >= 4 is 11.8 Å². The molecule has 2 aromatic rings. The van der Waals surface area contributed by atoms with Crippen LogP contribution in [0.2, 0.25) is 0 Å². The minimum atomic E-state index is 0.398. The van der Waals surface area contributed by atoms with Gasteiger partial charge in [0.1, 0.15) is 5.82 Å². The van der Waals surface area contributed by atoms with Crippen LogP contribution in [0.1, 0.15) is 30.4 Å². The molecule has 25 heavy (non-hydrogen) atoms. The molecule has 3 aliphatic rings. The van der Waals surface area contributed by atoms with E-state index >= 15 is 0 Å². The predicted molar refractivity (Wildman–Crippen MR) is 101 cm³/mol. The lowest BCUT2D eigenvalue weighted by Gasteiger charge is -2.36. The molecule has 2 fully saturated rings. The summed E-state index contributed by atoms with van der Waals surface area (Å²) in [5.74, 6) is 1.48. The number of fused-ring (bicyclic) bond motifs is 3. The Kier molecular flexibility index (Phi) is 3.63. The molecule has 2 aliphatic carbocycles. The van der Waals surface area contributed by atoms with Crippen LogP contribution in [0.4, 0.5) is 11.8 Å². The maximum atomic E-state index is 6.12. The normalized spacial score (nSPS) is 20.7. The van der Waals surface area contributed by atoms with Crippen molar-refractivity contribution < 1.29 is 0 Å². The summed E-state index contributed by atoms with van der Waals surface area (Å²) in [6.07, 6.45) is 6.04. The smallest absolute Gasteiger partial charge is 0.222 e. The first-order valence-electron chi connectivity index (χ1n) is 9.53. The van der Waals surface area contributed by atoms with Crippen molar-refractivity contribution in [3.05, 3.63) is 35.4 Å². The number of aromatic nitrogens is 2. The van der Waals surface area contributed by atoms with Crippen molar-refractivity contribution in [3.63, 3.8) is 0 Å². The molecule has 2 heterocycles. The van der Waals surface area contributed by atoms with Gasteiger partial charge in [0.25, 0.3) is 0 Å². The second kappa shape index (κ2) is 5.99. The van der Waals surface area contributed by atoms with Crippen LogP contribution in [-0.2, 0) is 12.8 Å². The average Bonchev–Trinajstić information content (AvgIpc) is 3.48. The lowest BCUT2D eigenvalue weighted by Crippen LogP contribution is -2.47. The van der Waals surface area contributed by atoms with Gasteiger partial charge in [0.2, 0.25) is 5.95 Å². The standard InChI is InChI=1S/C20H25N5/c21-20-22-18-16-6-2-1-4-14(16)5-3-7-17(18)19(23-20)25-12-10-24(11-13-25)15-8-9-15/h1-2,4,6,15H,3,5,7-13H2,(H2,21,22,23). The van der Waals surface area contributed by atoms with Gasteiger partial charge in [-0.05, 0) is 37.7 Å². The fourth-order valence-corrected chi connectivity index (χ4v) is 4.37. The fourth-order valence-electron chi connectivity index (χ4n) is 4.37. The van der Waals surface area contributed by atoms with Gasteiger partial charge in [0.15, 0.2) is 0 Å². The molecule has 130 valence electrons. The highest BCUT2D eigenvalue weighted by Crippen LogP contribution is 2.36. The zero-order chi connectivity index (χ0) is 16.8. The SMILES string of the molecule is Nc1nc2c(c(N3CCN(C4CC4)CC3)n1)CCCc1ccccc1-2. The maximum absolute atomic E-state index is 6.12. The topological polar surface area (TPSA) is 58.3 Å². The molecule has 0 unspecified atom stereocenters. The number of benzene rings is 1. The Bertz CT molecular complexity index is 791. The van der Waals surface area contributed by atoms with Crippen LogP contribution in [0, 0.1) is 0 Å². The molecule has 0 atom stereocenters. The molecular formula is C20H25N5. The van der Waals surface area contributed by atoms with Crippen LogP contribution in [0.3, 0.4) is 0 Å². The first-order valence-corrected chi connectivity index (χ1v) is 9.53. The van der Waals surface area contributed by atoms with Crippen LogP contribution in [0.25, 0.3) is 11.3 Å². The van der Waals surface area contributed by atoms with Gasteiger partial charge in [-0.1, -0.05) is 24.3 Å². The fraction of sp³-hybridized carbons (Fsp3) is 0.500. The van der Waals surface area contributed by atoms with Gasteiger partial charge in [-0.2, -0.15) is 4.98 Å². The summed E-state index contributed by atoms with van der Waals surface area (Å²) in [4.78, 5) is 14.4. The van der Waals surface area contributed by atoms with Gasteiger partial charge in [0.05, 0.1) is 5.69 Å². The van der Waals surface area contributed by atoms with E-state index in [0.29, 0.717) is 5.95 Å². The molecular weight excluding hydrogens is 310 g/mol. The number of nitrogens with two attached hydrogens (primary N) is 1. The lowest BCUT2D eigenvalue weighted by atomic mass is 10.0. The van der Waals surface area contributed by atoms with Gasteiger partial charge in [-0.3, -0.25) is 4.90 Å². The molecule has 0 radical (unpaired) electrons. The van der Waals surface area contributed by atoms with E-state index in [0.717, 1.165) is 63.0 Å². The van der Waals surface area contributed by atoms with Crippen molar-refractivity contribution in [2.24, 2.45) is 0 Å². The molecule has 1 aliphatic heterocycles. The van der Waals surface area contributed by atoms with Gasteiger partial charge >= 0.3 is 0 Å². The Balaban J connectivity index is 1.52. The summed E-state index contributed by atoms with van der Waals surface area (Å²) in [5, 5.41) is 0. The van der Waals surface area contributed by atoms with Crippen LogP contribution >= 0.6 is 0 Å². The quantitative estimate of drug-likeness (QED) is 0.914. The average molecular weight is 335 g/mol. The molecule has 0 amide bonds. The number of piperazine rings is 1. The summed E-state index contributed by atoms with van der Waals surface area (Å²) in [6.45, 7) is 4.36. The van der Waals surface area contributed by atoms with Gasteiger partial charge < -0.3 is 10.6 Å². The van der Waals surface area contributed by atoms with Crippen LogP contribution in [0.5, 0.6) is 0 Å². The number of hydrogen-bond donors (Lipinski definition) is 1. The van der Waals surface area contributed by atoms with E-state index in [4.69, 9.17) is 5.73 Å². The van der Waals surface area contributed by atoms with E-state index in [2.05, 4.69) is 44.0 Å². The number of aryl methyl sites for hydroxylation is 1. The Morgan fingerprint density at radius 2 is 1.76 bits per heavy atom. The largest absolute Gasteiger partial charge is 0.368 e. The van der Waals surface area contributed by atoms with Gasteiger partial charge in [-0.25, -0.2) is 4.98 Å². The van der Waals surface area contributed by atoms with E-state index in [1.54, 1.807) is 0 Å². The van der Waals surface area contributed by atoms with Crippen molar-refractivity contribution in [1.82, 2.24) is 14.9 Å². The van der Waals surface area contributed by atoms with E-state index in [9.17, 15) is 0 Å². The van der Waals surface area contributed by atoms with Crippen LogP contribution < -0.4 is 10.6 Å². The van der Waals surface area contributed by atoms with E-state index < -0.39 is 0 Å². The summed E-state index contributed by atoms with van der Waals surface area (Å²) in [6, 6.07) is 9.46. The first kappa shape index (κ1) is 15.1. The summed E-state index contributed by atoms with van der Waals surface area (Å²) < 4.78 is 0. The highest BCUT2D eigenvalue weighted by Gasteiger charge is 2.32. The van der Waals surface area contributed by atoms with Crippen molar-refractivity contribution in [2.45, 2.75) is 38.1 Å². The number of hydrogen-bond acceptors (Lipinski definition) is 5. The summed E-state index contributed by atoms with van der Waals surface area (Å²) in [5.41, 5.74) is 11.1. The Morgan fingerprint density at radius 3 is 2.56 bits per heavy atom. The number of rotatable bonds is 2. The Morgan fingerprint density at radius 1 is 0.960 bits per heavy atom. The number of nitrogens with zero attached hydrogens (tertiary/aromatic N) is 4. The van der Waals surface area contributed by atoms with Crippen molar-refractivity contribution in [2.75, 3.05) is 36.8 Å². The zero-order valence-corrected chi connectivity index (χ0v) is 14.6. The molecule has 0 spiro atoms. The van der Waals surface area contributed by atoms with Gasteiger partial charge in [0, 0.05) is 43.3 Å². The maximum Gasteiger partial charge on any atom is 0.222 e. The van der Waals surface area contributed by atoms with E-state index in [-0.39, 0.29) is 0 Å². The first-order chi connectivity index (χ1) is 12.3. The molecule has 1 aromatic carbocycles. The highest BCUT2D eigenvalue weighted by atomic mass is 15.3. The molecule has 1 saturated heterocycles. The molecule has 1 saturated carbocycles. The second-order valence-electron chi connectivity index (χ2n) is 7.50. The Hall–Kier alpha value is -2.14. The zero-order valence-electron chi connectivity index (χ0n) is 14.6. The second-order valence-corrected chi connectivity index (χ2v) is 7.50. The third-order valence-electron chi connectivity index (χ3n) is 5.83. The third kappa shape index (κ3) is 2.76. The third-order valence-corrected chi connectivity index (χ3v) is 5.83. The van der Waals surface area contributed by atoms with E-state index in [1.807, 2.05) is 0 Å². The molecule has 0 bridgehead atoms. The molecule has 1 aromatic heterocycles. The van der Waals surface area contributed by atoms with Crippen molar-refractivity contribution in [3.8, 4) is 11.3 Å². The highest BCUT2D eigenvalue weighted by molar-refractivity contribution is 5.74. The van der Waals surface area contributed by atoms with Crippen molar-refractivity contribution in [1.29, 1.82) is 0 Å². The molecule has 2 N–H and O–H groups in total. The van der Waals surface area contributed by atoms with Crippen LogP contribution in [0.15, 0.2) is 24.3 Å². The summed E-state index contributed by atoms with van der Waals surface area (Å²) in [7, 11) is 0. The lowest BCUT2D eigenvalue weighted by molar-refractivity contribution is 0.247. The van der Waals surface area contributed by atoms with Gasteiger partial charge in [-0.15, -0.1) is 0 Å². The predicted octanol–water partition coefficient (Wildman–Crippen LogP) is 2.50. The van der Waals surface area contributed by atoms with E-state index in [1.165, 1.54) is 29.5 Å². The van der Waals surface area contributed by atoms with Crippen LogP contribution in [-0.4, -0.2) is 47.1 Å². The summed E-state index contributed by atoms with van der Waals surface area (Å²) >= 11 is 0.